The number of halogens is 3. The largest absolute Gasteiger partial charge is 0.492 e. The number of rotatable bonds is 2. The molecule has 1 aromatic carbocycles. The molecule has 1 fully saturated rings. The van der Waals surface area contributed by atoms with Gasteiger partial charge in [-0.25, -0.2) is 0 Å². The second-order valence-electron chi connectivity index (χ2n) is 5.94. The predicted octanol–water partition coefficient (Wildman–Crippen LogP) is 4.57. The molecular weight excluding hydrogens is 435 g/mol. The Labute approximate surface area is 154 Å². The second-order valence-corrected chi connectivity index (χ2v) is 7.71. The van der Waals surface area contributed by atoms with Crippen molar-refractivity contribution in [2.45, 2.75) is 26.3 Å². The van der Waals surface area contributed by atoms with Crippen LogP contribution in [0.25, 0.3) is 0 Å². The molecule has 124 valence electrons. The molecule has 0 aromatic heterocycles. The van der Waals surface area contributed by atoms with Crippen molar-refractivity contribution in [3.05, 3.63) is 33.1 Å². The fraction of sp³-hybridized carbons (Fsp3) is 0.467. The first-order chi connectivity index (χ1) is 9.77. The minimum atomic E-state index is 0. The molecule has 0 bridgehead atoms. The number of nitrogens with zero attached hydrogens (tertiary/aromatic N) is 1. The van der Waals surface area contributed by atoms with Gasteiger partial charge in [0.25, 0.3) is 0 Å². The van der Waals surface area contributed by atoms with E-state index < -0.39 is 0 Å². The summed E-state index contributed by atoms with van der Waals surface area (Å²) in [6.45, 7) is 8.91. The van der Waals surface area contributed by atoms with Crippen molar-refractivity contribution in [3.63, 3.8) is 0 Å². The summed E-state index contributed by atoms with van der Waals surface area (Å²) in [7, 11) is 0. The maximum atomic E-state index is 5.99. The molecule has 2 rings (SSSR count). The maximum absolute atomic E-state index is 5.99. The monoisotopic (exact) mass is 454 g/mol. The van der Waals surface area contributed by atoms with Crippen LogP contribution in [-0.2, 0) is 4.74 Å². The summed E-state index contributed by atoms with van der Waals surface area (Å²) in [5.41, 5.74) is 6.67. The lowest BCUT2D eigenvalue weighted by Gasteiger charge is -2.38. The molecule has 1 aliphatic heterocycles. The second kappa shape index (κ2) is 7.90. The minimum absolute atomic E-state index is 0. The number of nitrogens with two attached hydrogens (primary N) is 1. The van der Waals surface area contributed by atoms with Crippen LogP contribution in [0.15, 0.2) is 33.1 Å². The number of nitrogen functional groups attached to an aromatic ring is 1. The molecule has 0 aliphatic carbocycles. The summed E-state index contributed by atoms with van der Waals surface area (Å²) in [5.74, 6) is 1.41. The highest BCUT2D eigenvalue weighted by Gasteiger charge is 2.26. The van der Waals surface area contributed by atoms with Gasteiger partial charge >= 0.3 is 0 Å². The molecule has 0 amide bonds. The molecule has 1 aromatic rings. The molecule has 4 nitrogen and oxygen atoms in total. The molecule has 0 atom stereocenters. The molecular formula is C15H21Br2ClN2O2. The standard InChI is InChI=1S/C15H20Br2N2O2.ClH/c1-15(2,3)19-4-5-20-11(8-19)9-21-13-7-10(16)6-12(17)14(13)18;/h6-7,9H,4-5,8,18H2,1-3H3;1H. The van der Waals surface area contributed by atoms with E-state index in [2.05, 4.69) is 57.5 Å². The first-order valence-corrected chi connectivity index (χ1v) is 8.34. The zero-order valence-electron chi connectivity index (χ0n) is 12.9. The zero-order valence-corrected chi connectivity index (χ0v) is 16.8. The van der Waals surface area contributed by atoms with Gasteiger partial charge in [-0.3, -0.25) is 4.90 Å². The van der Waals surface area contributed by atoms with Crippen molar-refractivity contribution in [1.82, 2.24) is 4.90 Å². The predicted molar refractivity (Wildman–Crippen MR) is 99.5 cm³/mol. The zero-order chi connectivity index (χ0) is 15.6. The van der Waals surface area contributed by atoms with Crippen LogP contribution >= 0.6 is 44.3 Å². The number of benzene rings is 1. The van der Waals surface area contributed by atoms with Gasteiger partial charge in [0.2, 0.25) is 0 Å². The van der Waals surface area contributed by atoms with Gasteiger partial charge in [-0.15, -0.1) is 12.4 Å². The van der Waals surface area contributed by atoms with Crippen molar-refractivity contribution >= 4 is 50.0 Å². The normalized spacial score (nSPS) is 17.8. The number of morpholine rings is 1. The number of hydrogen-bond donors (Lipinski definition) is 1. The molecule has 1 aliphatic rings. The van der Waals surface area contributed by atoms with Gasteiger partial charge in [0.1, 0.15) is 18.6 Å². The van der Waals surface area contributed by atoms with Crippen molar-refractivity contribution < 1.29 is 9.47 Å². The fourth-order valence-corrected chi connectivity index (χ4v) is 3.22. The Bertz CT molecular complexity index is 559. The van der Waals surface area contributed by atoms with Crippen LogP contribution in [0, 0.1) is 0 Å². The van der Waals surface area contributed by atoms with Crippen molar-refractivity contribution in [3.8, 4) is 5.75 Å². The molecule has 1 saturated heterocycles. The van der Waals surface area contributed by atoms with E-state index >= 15 is 0 Å². The first kappa shape index (κ1) is 19.6. The average molecular weight is 457 g/mol. The summed E-state index contributed by atoms with van der Waals surface area (Å²) < 4.78 is 13.1. The molecule has 0 unspecified atom stereocenters. The highest BCUT2D eigenvalue weighted by atomic mass is 79.9. The third-order valence-electron chi connectivity index (χ3n) is 3.32. The SMILES string of the molecule is CC(C)(C)N1CCOC(=COc2cc(Br)cc(Br)c2N)C1.Cl. The van der Waals surface area contributed by atoms with E-state index in [1.165, 1.54) is 0 Å². The van der Waals surface area contributed by atoms with E-state index in [9.17, 15) is 0 Å². The topological polar surface area (TPSA) is 47.7 Å². The minimum Gasteiger partial charge on any atom is -0.492 e. The van der Waals surface area contributed by atoms with E-state index in [1.54, 1.807) is 6.26 Å². The summed E-state index contributed by atoms with van der Waals surface area (Å²) in [6, 6.07) is 3.72. The van der Waals surface area contributed by atoms with Gasteiger partial charge in [0.05, 0.1) is 12.2 Å². The molecule has 2 N–H and O–H groups in total. The Balaban J connectivity index is 0.00000242. The molecule has 0 radical (unpaired) electrons. The van der Waals surface area contributed by atoms with Crippen LogP contribution in [0.2, 0.25) is 0 Å². The van der Waals surface area contributed by atoms with Crippen molar-refractivity contribution in [1.29, 1.82) is 0 Å². The van der Waals surface area contributed by atoms with Crippen molar-refractivity contribution in [2.75, 3.05) is 25.4 Å². The van der Waals surface area contributed by atoms with E-state index in [1.807, 2.05) is 12.1 Å². The van der Waals surface area contributed by atoms with Crippen LogP contribution < -0.4 is 10.5 Å². The van der Waals surface area contributed by atoms with Crippen LogP contribution in [0.5, 0.6) is 5.75 Å². The van der Waals surface area contributed by atoms with Gasteiger partial charge in [0.15, 0.2) is 5.75 Å². The van der Waals surface area contributed by atoms with Crippen LogP contribution in [0.1, 0.15) is 20.8 Å². The highest BCUT2D eigenvalue weighted by Crippen LogP contribution is 2.34. The van der Waals surface area contributed by atoms with Crippen molar-refractivity contribution in [2.24, 2.45) is 0 Å². The third-order valence-corrected chi connectivity index (χ3v) is 4.43. The number of ether oxygens (including phenoxy) is 2. The lowest BCUT2D eigenvalue weighted by molar-refractivity contribution is 0.0360. The first-order valence-electron chi connectivity index (χ1n) is 6.75. The van der Waals surface area contributed by atoms with Gasteiger partial charge in [0, 0.05) is 21.0 Å². The van der Waals surface area contributed by atoms with Crippen LogP contribution in [0.4, 0.5) is 5.69 Å². The summed E-state index contributed by atoms with van der Waals surface area (Å²) in [6.07, 6.45) is 1.64. The molecule has 0 spiro atoms. The Morgan fingerprint density at radius 2 is 2.00 bits per heavy atom. The number of hydrogen-bond acceptors (Lipinski definition) is 4. The molecule has 1 heterocycles. The van der Waals surface area contributed by atoms with E-state index in [4.69, 9.17) is 15.2 Å². The van der Waals surface area contributed by atoms with E-state index in [-0.39, 0.29) is 17.9 Å². The van der Waals surface area contributed by atoms with Gasteiger partial charge in [-0.1, -0.05) is 15.9 Å². The molecule has 7 heteroatoms. The Morgan fingerprint density at radius 3 is 2.64 bits per heavy atom. The Kier molecular flexibility index (Phi) is 7.05. The summed E-state index contributed by atoms with van der Waals surface area (Å²) in [4.78, 5) is 2.35. The van der Waals surface area contributed by atoms with Crippen LogP contribution in [-0.4, -0.2) is 30.1 Å². The average Bonchev–Trinajstić information content (AvgIpc) is 2.40. The quantitative estimate of drug-likeness (QED) is 0.523. The smallest absolute Gasteiger partial charge is 0.151 e. The number of anilines is 1. The fourth-order valence-electron chi connectivity index (χ4n) is 2.03. The van der Waals surface area contributed by atoms with E-state index in [0.717, 1.165) is 27.8 Å². The van der Waals surface area contributed by atoms with Gasteiger partial charge < -0.3 is 15.2 Å². The molecule has 22 heavy (non-hydrogen) atoms. The Hall–Kier alpha value is -0.430. The highest BCUT2D eigenvalue weighted by molar-refractivity contribution is 9.11. The Morgan fingerprint density at radius 1 is 1.32 bits per heavy atom. The van der Waals surface area contributed by atoms with Gasteiger partial charge in [-0.05, 0) is 48.8 Å². The lowest BCUT2D eigenvalue weighted by Crippen LogP contribution is -2.47. The van der Waals surface area contributed by atoms with Crippen LogP contribution in [0.3, 0.4) is 0 Å². The summed E-state index contributed by atoms with van der Waals surface area (Å²) in [5, 5.41) is 0. The van der Waals surface area contributed by atoms with Gasteiger partial charge in [-0.2, -0.15) is 0 Å². The molecule has 0 saturated carbocycles. The summed E-state index contributed by atoms with van der Waals surface area (Å²) >= 11 is 6.83. The maximum Gasteiger partial charge on any atom is 0.151 e. The van der Waals surface area contributed by atoms with E-state index in [0.29, 0.717) is 18.0 Å². The third kappa shape index (κ3) is 5.05. The lowest BCUT2D eigenvalue weighted by atomic mass is 10.1.